The monoisotopic (exact) mass is 298 g/mol. The Balaban J connectivity index is 1.97. The zero-order chi connectivity index (χ0) is 15.9. The van der Waals surface area contributed by atoms with Crippen LogP contribution in [0.15, 0.2) is 30.6 Å². The lowest BCUT2D eigenvalue weighted by Crippen LogP contribution is -2.43. The number of rotatable bonds is 3. The topological polar surface area (TPSA) is 55.9 Å². The van der Waals surface area contributed by atoms with Crippen LogP contribution in [-0.4, -0.2) is 15.8 Å². The Morgan fingerprint density at radius 1 is 1.36 bits per heavy atom. The summed E-state index contributed by atoms with van der Waals surface area (Å²) < 4.78 is 1.83. The summed E-state index contributed by atoms with van der Waals surface area (Å²) in [5.41, 5.74) is 11.3. The summed E-state index contributed by atoms with van der Waals surface area (Å²) in [4.78, 5) is 0. The Kier molecular flexibility index (Phi) is 3.96. The second-order valence-corrected chi connectivity index (χ2v) is 6.65. The van der Waals surface area contributed by atoms with Crippen LogP contribution in [0.25, 0.3) is 11.1 Å². The van der Waals surface area contributed by atoms with Crippen LogP contribution >= 0.6 is 0 Å². The number of anilines is 1. The molecule has 1 unspecified atom stereocenters. The van der Waals surface area contributed by atoms with E-state index in [9.17, 15) is 0 Å². The third kappa shape index (κ3) is 2.52. The Labute approximate surface area is 132 Å². The van der Waals surface area contributed by atoms with Gasteiger partial charge in [0.1, 0.15) is 0 Å². The molecule has 0 amide bonds. The van der Waals surface area contributed by atoms with Crippen LogP contribution < -0.4 is 11.1 Å². The van der Waals surface area contributed by atoms with Crippen molar-refractivity contribution in [3.8, 4) is 11.1 Å². The number of hydrogen-bond donors (Lipinski definition) is 2. The normalized spacial score (nSPS) is 25.4. The molecule has 0 saturated carbocycles. The number of aromatic nitrogens is 2. The maximum absolute atomic E-state index is 6.56. The molecule has 1 aromatic carbocycles. The van der Waals surface area contributed by atoms with Crippen LogP contribution in [0.2, 0.25) is 0 Å². The standard InChI is InChI=1S/C18H26N4/c1-5-11(2)18-12(3)17(19)15-8-13(6-7-16(15)21-18)14-9-20-22(4)10-14/h6-12,17-18,21H,5,19H2,1-4H3/t11?,12-,17-,18+/m1/s1. The Bertz CT molecular complexity index is 661. The first-order valence-corrected chi connectivity index (χ1v) is 8.16. The summed E-state index contributed by atoms with van der Waals surface area (Å²) in [6.45, 7) is 6.80. The van der Waals surface area contributed by atoms with Gasteiger partial charge in [0.05, 0.1) is 6.20 Å². The molecule has 0 aliphatic carbocycles. The highest BCUT2D eigenvalue weighted by Crippen LogP contribution is 2.39. The molecule has 4 heteroatoms. The van der Waals surface area contributed by atoms with Gasteiger partial charge in [0.25, 0.3) is 0 Å². The van der Waals surface area contributed by atoms with Gasteiger partial charge in [-0.15, -0.1) is 0 Å². The minimum Gasteiger partial charge on any atom is -0.381 e. The third-order valence-electron chi connectivity index (χ3n) is 5.16. The molecule has 4 atom stereocenters. The molecule has 3 N–H and O–H groups in total. The molecule has 0 fully saturated rings. The molecule has 2 heterocycles. The minimum absolute atomic E-state index is 0.0758. The maximum atomic E-state index is 6.56. The quantitative estimate of drug-likeness (QED) is 0.911. The van der Waals surface area contributed by atoms with Gasteiger partial charge < -0.3 is 11.1 Å². The number of nitrogens with zero attached hydrogens (tertiary/aromatic N) is 2. The highest BCUT2D eigenvalue weighted by Gasteiger charge is 2.33. The average Bonchev–Trinajstić information content (AvgIpc) is 2.96. The van der Waals surface area contributed by atoms with Gasteiger partial charge >= 0.3 is 0 Å². The number of nitrogens with two attached hydrogens (primary N) is 1. The highest BCUT2D eigenvalue weighted by molar-refractivity contribution is 5.69. The molecule has 118 valence electrons. The zero-order valence-electron chi connectivity index (χ0n) is 13.9. The lowest BCUT2D eigenvalue weighted by atomic mass is 9.78. The molecule has 0 bridgehead atoms. The van der Waals surface area contributed by atoms with E-state index in [1.165, 1.54) is 16.8 Å². The lowest BCUT2D eigenvalue weighted by Gasteiger charge is -2.40. The van der Waals surface area contributed by atoms with E-state index in [-0.39, 0.29) is 6.04 Å². The number of fused-ring (bicyclic) bond motifs is 1. The first kappa shape index (κ1) is 15.1. The number of nitrogens with one attached hydrogen (secondary N) is 1. The van der Waals surface area contributed by atoms with Crippen molar-refractivity contribution in [2.45, 2.75) is 39.3 Å². The van der Waals surface area contributed by atoms with Crippen molar-refractivity contribution in [3.63, 3.8) is 0 Å². The Hall–Kier alpha value is -1.81. The molecule has 0 saturated heterocycles. The van der Waals surface area contributed by atoms with E-state index >= 15 is 0 Å². The molecule has 0 spiro atoms. The van der Waals surface area contributed by atoms with Crippen molar-refractivity contribution in [2.75, 3.05) is 5.32 Å². The largest absolute Gasteiger partial charge is 0.381 e. The van der Waals surface area contributed by atoms with Crippen molar-refractivity contribution in [1.82, 2.24) is 9.78 Å². The fraction of sp³-hybridized carbons (Fsp3) is 0.500. The summed E-state index contributed by atoms with van der Waals surface area (Å²) in [7, 11) is 1.94. The van der Waals surface area contributed by atoms with Crippen molar-refractivity contribution in [2.24, 2.45) is 24.6 Å². The van der Waals surface area contributed by atoms with Crippen LogP contribution in [-0.2, 0) is 7.05 Å². The molecule has 0 radical (unpaired) electrons. The molecule has 1 aliphatic heterocycles. The predicted octanol–water partition coefficient (Wildman–Crippen LogP) is 3.56. The summed E-state index contributed by atoms with van der Waals surface area (Å²) in [5, 5.41) is 7.97. The lowest BCUT2D eigenvalue weighted by molar-refractivity contribution is 0.307. The minimum atomic E-state index is 0.0758. The fourth-order valence-electron chi connectivity index (χ4n) is 3.45. The van der Waals surface area contributed by atoms with Crippen LogP contribution in [0, 0.1) is 11.8 Å². The van der Waals surface area contributed by atoms with Crippen LogP contribution in [0.3, 0.4) is 0 Å². The van der Waals surface area contributed by atoms with Crippen LogP contribution in [0.5, 0.6) is 0 Å². The summed E-state index contributed by atoms with van der Waals surface area (Å²) in [6, 6.07) is 7.05. The van der Waals surface area contributed by atoms with Crippen LogP contribution in [0.1, 0.15) is 38.8 Å². The van der Waals surface area contributed by atoms with Crippen LogP contribution in [0.4, 0.5) is 5.69 Å². The number of aryl methyl sites for hydroxylation is 1. The summed E-state index contributed by atoms with van der Waals surface area (Å²) in [6.07, 6.45) is 5.10. The zero-order valence-corrected chi connectivity index (χ0v) is 13.9. The summed E-state index contributed by atoms with van der Waals surface area (Å²) >= 11 is 0. The fourth-order valence-corrected chi connectivity index (χ4v) is 3.45. The van der Waals surface area contributed by atoms with Gasteiger partial charge in [-0.05, 0) is 35.1 Å². The Morgan fingerprint density at radius 2 is 2.14 bits per heavy atom. The Morgan fingerprint density at radius 3 is 2.77 bits per heavy atom. The SMILES string of the molecule is CCC(C)[C@@H]1Nc2ccc(-c3cnn(C)c3)cc2[C@H](N)[C@H]1C. The smallest absolute Gasteiger partial charge is 0.0568 e. The molecular weight excluding hydrogens is 272 g/mol. The molecule has 22 heavy (non-hydrogen) atoms. The number of hydrogen-bond acceptors (Lipinski definition) is 3. The van der Waals surface area contributed by atoms with Gasteiger partial charge in [-0.2, -0.15) is 5.10 Å². The highest BCUT2D eigenvalue weighted by atomic mass is 15.2. The van der Waals surface area contributed by atoms with E-state index in [1.807, 2.05) is 24.1 Å². The van der Waals surface area contributed by atoms with Gasteiger partial charge in [-0.25, -0.2) is 0 Å². The summed E-state index contributed by atoms with van der Waals surface area (Å²) in [5.74, 6) is 1.04. The molecular formula is C18H26N4. The van der Waals surface area contributed by atoms with Crippen molar-refractivity contribution in [3.05, 3.63) is 36.2 Å². The molecule has 3 rings (SSSR count). The van der Waals surface area contributed by atoms with Crippen molar-refractivity contribution >= 4 is 5.69 Å². The second kappa shape index (κ2) is 5.76. The maximum Gasteiger partial charge on any atom is 0.0568 e. The van der Waals surface area contributed by atoms with E-state index in [2.05, 4.69) is 49.4 Å². The van der Waals surface area contributed by atoms with E-state index in [1.54, 1.807) is 0 Å². The van der Waals surface area contributed by atoms with E-state index < -0.39 is 0 Å². The van der Waals surface area contributed by atoms with Gasteiger partial charge in [0, 0.05) is 36.6 Å². The second-order valence-electron chi connectivity index (χ2n) is 6.65. The van der Waals surface area contributed by atoms with Crippen molar-refractivity contribution in [1.29, 1.82) is 0 Å². The molecule has 4 nitrogen and oxygen atoms in total. The van der Waals surface area contributed by atoms with Crippen molar-refractivity contribution < 1.29 is 0 Å². The van der Waals surface area contributed by atoms with Gasteiger partial charge in [-0.3, -0.25) is 4.68 Å². The van der Waals surface area contributed by atoms with Gasteiger partial charge in [-0.1, -0.05) is 33.3 Å². The van der Waals surface area contributed by atoms with Gasteiger partial charge in [0.15, 0.2) is 0 Å². The third-order valence-corrected chi connectivity index (χ3v) is 5.16. The number of benzene rings is 1. The predicted molar refractivity (Wildman–Crippen MR) is 91.6 cm³/mol. The first-order valence-electron chi connectivity index (χ1n) is 8.16. The van der Waals surface area contributed by atoms with Gasteiger partial charge in [0.2, 0.25) is 0 Å². The first-order chi connectivity index (χ1) is 10.5. The van der Waals surface area contributed by atoms with E-state index in [0.29, 0.717) is 17.9 Å². The van der Waals surface area contributed by atoms with E-state index in [0.717, 1.165) is 12.0 Å². The molecule has 2 aromatic rings. The molecule has 1 aromatic heterocycles. The van der Waals surface area contributed by atoms with E-state index in [4.69, 9.17) is 5.73 Å². The molecule has 1 aliphatic rings. The average molecular weight is 298 g/mol.